The molecule has 0 spiro atoms. The fourth-order valence-electron chi connectivity index (χ4n) is 1.60. The second-order valence-electron chi connectivity index (χ2n) is 6.76. The number of rotatable bonds is 3. The Morgan fingerprint density at radius 2 is 1.50 bits per heavy atom. The van der Waals surface area contributed by atoms with E-state index in [1.54, 1.807) is 25.1 Å². The second-order valence-corrected chi connectivity index (χ2v) is 9.38. The summed E-state index contributed by atoms with van der Waals surface area (Å²) in [5.74, 6) is 0.580. The molecule has 96 valence electrons. The van der Waals surface area contributed by atoms with Gasteiger partial charge in [-0.1, -0.05) is 0 Å². The first-order valence-corrected chi connectivity index (χ1v) is 7.42. The molecule has 0 amide bonds. The Kier molecular flexibility index (Phi) is 3.48. The second kappa shape index (κ2) is 3.98. The number of sulfonamides is 1. The van der Waals surface area contributed by atoms with E-state index in [0.29, 0.717) is 12.5 Å². The van der Waals surface area contributed by atoms with Crippen molar-refractivity contribution < 1.29 is 8.42 Å². The summed E-state index contributed by atoms with van der Waals surface area (Å²) in [6, 6.07) is 0. The Morgan fingerprint density at radius 1 is 1.06 bits per heavy atom. The van der Waals surface area contributed by atoms with Crippen molar-refractivity contribution in [2.45, 2.75) is 64.7 Å². The van der Waals surface area contributed by atoms with Crippen molar-refractivity contribution in [2.75, 3.05) is 6.54 Å². The maximum atomic E-state index is 12.5. The van der Waals surface area contributed by atoms with Gasteiger partial charge in [0.1, 0.15) is 0 Å². The molecule has 0 saturated heterocycles. The van der Waals surface area contributed by atoms with E-state index in [1.807, 2.05) is 20.8 Å². The van der Waals surface area contributed by atoms with E-state index in [0.717, 1.165) is 0 Å². The average Bonchev–Trinajstić information content (AvgIpc) is 2.77. The third-order valence-electron chi connectivity index (χ3n) is 2.93. The summed E-state index contributed by atoms with van der Waals surface area (Å²) in [4.78, 5) is 0. The lowest BCUT2D eigenvalue weighted by Gasteiger charge is -2.39. The highest BCUT2D eigenvalue weighted by molar-refractivity contribution is 7.90. The molecule has 0 aromatic rings. The molecule has 0 heterocycles. The molecule has 0 aliphatic heterocycles. The molecular formula is C12H25NO2S. The summed E-state index contributed by atoms with van der Waals surface area (Å²) in [5.41, 5.74) is -0.325. The highest BCUT2D eigenvalue weighted by atomic mass is 32.2. The predicted molar refractivity (Wildman–Crippen MR) is 67.9 cm³/mol. The molecule has 0 aromatic heterocycles. The van der Waals surface area contributed by atoms with Gasteiger partial charge in [0.15, 0.2) is 0 Å². The highest BCUT2D eigenvalue weighted by Crippen LogP contribution is 2.35. The van der Waals surface area contributed by atoms with Crippen LogP contribution in [0.3, 0.4) is 0 Å². The lowest BCUT2D eigenvalue weighted by molar-refractivity contribution is 0.235. The fraction of sp³-hybridized carbons (Fsp3) is 1.00. The molecule has 0 atom stereocenters. The SMILES string of the molecule is CC(C)(C)N(CC1CC1)S(=O)(=O)C(C)(C)C. The number of nitrogens with zero attached hydrogens (tertiary/aromatic N) is 1. The fourth-order valence-corrected chi connectivity index (χ4v) is 3.39. The Hall–Kier alpha value is -0.0900. The Balaban J connectivity index is 3.00. The van der Waals surface area contributed by atoms with Crippen molar-refractivity contribution in [3.63, 3.8) is 0 Å². The molecule has 0 N–H and O–H groups in total. The lowest BCUT2D eigenvalue weighted by Crippen LogP contribution is -2.52. The zero-order chi connectivity index (χ0) is 12.8. The molecule has 4 heteroatoms. The maximum absolute atomic E-state index is 12.5. The standard InChI is InChI=1S/C12H25NO2S/c1-11(2,3)13(9-10-7-8-10)16(14,15)12(4,5)6/h10H,7-9H2,1-6H3. The summed E-state index contributed by atoms with van der Waals surface area (Å²) in [5, 5.41) is 0. The first-order valence-electron chi connectivity index (χ1n) is 5.98. The Morgan fingerprint density at radius 3 is 1.75 bits per heavy atom. The number of hydrogen-bond donors (Lipinski definition) is 0. The van der Waals surface area contributed by atoms with Crippen LogP contribution in [0.5, 0.6) is 0 Å². The van der Waals surface area contributed by atoms with Gasteiger partial charge in [-0.3, -0.25) is 0 Å². The van der Waals surface area contributed by atoms with E-state index in [4.69, 9.17) is 0 Å². The van der Waals surface area contributed by atoms with E-state index in [9.17, 15) is 8.42 Å². The average molecular weight is 247 g/mol. The van der Waals surface area contributed by atoms with Crippen molar-refractivity contribution in [2.24, 2.45) is 5.92 Å². The summed E-state index contributed by atoms with van der Waals surface area (Å²) in [6.07, 6.45) is 2.35. The molecule has 0 aromatic carbocycles. The van der Waals surface area contributed by atoms with Gasteiger partial charge in [0.25, 0.3) is 0 Å². The lowest BCUT2D eigenvalue weighted by atomic mass is 10.1. The Bertz CT molecular complexity index is 342. The molecule has 1 saturated carbocycles. The molecular weight excluding hydrogens is 222 g/mol. The molecule has 0 bridgehead atoms. The van der Waals surface area contributed by atoms with Gasteiger partial charge in [0.05, 0.1) is 4.75 Å². The van der Waals surface area contributed by atoms with Crippen LogP contribution in [0.2, 0.25) is 0 Å². The molecule has 0 unspecified atom stereocenters. The molecule has 1 aliphatic rings. The molecule has 3 nitrogen and oxygen atoms in total. The summed E-state index contributed by atoms with van der Waals surface area (Å²) in [6.45, 7) is 11.9. The monoisotopic (exact) mass is 247 g/mol. The van der Waals surface area contributed by atoms with Gasteiger partial charge in [-0.05, 0) is 60.3 Å². The summed E-state index contributed by atoms with van der Waals surface area (Å²) in [7, 11) is -3.22. The van der Waals surface area contributed by atoms with Gasteiger partial charge in [0.2, 0.25) is 10.0 Å². The minimum atomic E-state index is -3.22. The molecule has 1 rings (SSSR count). The van der Waals surface area contributed by atoms with E-state index < -0.39 is 14.8 Å². The molecule has 1 aliphatic carbocycles. The minimum absolute atomic E-state index is 0.325. The Labute approximate surface area is 100 Å². The first-order chi connectivity index (χ1) is 6.96. The van der Waals surface area contributed by atoms with Crippen molar-refractivity contribution >= 4 is 10.0 Å². The number of hydrogen-bond acceptors (Lipinski definition) is 2. The predicted octanol–water partition coefficient (Wildman–Crippen LogP) is 2.63. The molecule has 1 fully saturated rings. The van der Waals surface area contributed by atoms with Gasteiger partial charge in [0, 0.05) is 12.1 Å². The van der Waals surface area contributed by atoms with Gasteiger partial charge in [-0.25, -0.2) is 8.42 Å². The van der Waals surface area contributed by atoms with E-state index in [1.165, 1.54) is 12.8 Å². The highest BCUT2D eigenvalue weighted by Gasteiger charge is 2.43. The van der Waals surface area contributed by atoms with Crippen LogP contribution in [0.4, 0.5) is 0 Å². The van der Waals surface area contributed by atoms with Crippen LogP contribution in [0.1, 0.15) is 54.4 Å². The van der Waals surface area contributed by atoms with Gasteiger partial charge >= 0.3 is 0 Å². The van der Waals surface area contributed by atoms with Crippen molar-refractivity contribution in [1.29, 1.82) is 0 Å². The zero-order valence-electron chi connectivity index (χ0n) is 11.4. The molecule has 16 heavy (non-hydrogen) atoms. The normalized spacial score (nSPS) is 19.2. The van der Waals surface area contributed by atoms with Gasteiger partial charge < -0.3 is 0 Å². The van der Waals surface area contributed by atoms with Crippen LogP contribution < -0.4 is 0 Å². The summed E-state index contributed by atoms with van der Waals surface area (Å²) < 4.78 is 26.0. The van der Waals surface area contributed by atoms with Crippen LogP contribution in [0.25, 0.3) is 0 Å². The minimum Gasteiger partial charge on any atom is -0.212 e. The van der Waals surface area contributed by atoms with Crippen LogP contribution in [-0.4, -0.2) is 29.6 Å². The van der Waals surface area contributed by atoms with E-state index in [2.05, 4.69) is 0 Å². The maximum Gasteiger partial charge on any atom is 0.219 e. The third-order valence-corrected chi connectivity index (χ3v) is 5.76. The largest absolute Gasteiger partial charge is 0.219 e. The van der Waals surface area contributed by atoms with Crippen LogP contribution in [-0.2, 0) is 10.0 Å². The van der Waals surface area contributed by atoms with Crippen LogP contribution >= 0.6 is 0 Å². The van der Waals surface area contributed by atoms with Crippen LogP contribution in [0, 0.1) is 5.92 Å². The smallest absolute Gasteiger partial charge is 0.212 e. The van der Waals surface area contributed by atoms with Crippen molar-refractivity contribution in [3.8, 4) is 0 Å². The summed E-state index contributed by atoms with van der Waals surface area (Å²) >= 11 is 0. The van der Waals surface area contributed by atoms with Gasteiger partial charge in [-0.2, -0.15) is 4.31 Å². The van der Waals surface area contributed by atoms with E-state index >= 15 is 0 Å². The topological polar surface area (TPSA) is 37.4 Å². The van der Waals surface area contributed by atoms with Crippen molar-refractivity contribution in [3.05, 3.63) is 0 Å². The van der Waals surface area contributed by atoms with Crippen molar-refractivity contribution in [1.82, 2.24) is 4.31 Å². The van der Waals surface area contributed by atoms with Gasteiger partial charge in [-0.15, -0.1) is 0 Å². The van der Waals surface area contributed by atoms with E-state index in [-0.39, 0.29) is 5.54 Å². The molecule has 0 radical (unpaired) electrons. The van der Waals surface area contributed by atoms with Crippen LogP contribution in [0.15, 0.2) is 0 Å². The third kappa shape index (κ3) is 2.98. The first kappa shape index (κ1) is 14.0. The quantitative estimate of drug-likeness (QED) is 0.769. The zero-order valence-corrected chi connectivity index (χ0v) is 12.2.